The van der Waals surface area contributed by atoms with Crippen molar-refractivity contribution >= 4 is 16.0 Å². The minimum atomic E-state index is -3.14. The highest BCUT2D eigenvalue weighted by molar-refractivity contribution is 7.88. The Balaban J connectivity index is 1.17. The lowest BCUT2D eigenvalue weighted by Crippen LogP contribution is -2.51. The van der Waals surface area contributed by atoms with Crippen LogP contribution in [0.2, 0.25) is 0 Å². The molecule has 1 aliphatic heterocycles. The zero-order valence-electron chi connectivity index (χ0n) is 23.4. The molecule has 2 aliphatic carbocycles. The Morgan fingerprint density at radius 3 is 2.34 bits per heavy atom. The lowest BCUT2D eigenvalue weighted by molar-refractivity contribution is -0.138. The third-order valence-corrected chi connectivity index (χ3v) is 9.87. The van der Waals surface area contributed by atoms with Crippen molar-refractivity contribution < 1.29 is 32.2 Å². The first kappa shape index (κ1) is 27.7. The van der Waals surface area contributed by atoms with E-state index in [1.54, 1.807) is 0 Å². The smallest absolute Gasteiger partial charge is 0.307 e. The maximum absolute atomic E-state index is 15.2. The van der Waals surface area contributed by atoms with E-state index in [-0.39, 0.29) is 23.6 Å². The third-order valence-electron chi connectivity index (χ3n) is 8.63. The lowest BCUT2D eigenvalue weighted by Gasteiger charge is -2.36. The predicted molar refractivity (Wildman–Crippen MR) is 153 cm³/mol. The van der Waals surface area contributed by atoms with Gasteiger partial charge in [-0.15, -0.1) is 0 Å². The van der Waals surface area contributed by atoms with E-state index >= 15 is 4.39 Å². The van der Waals surface area contributed by atoms with Gasteiger partial charge in [0.05, 0.1) is 18.8 Å². The number of fused-ring (bicyclic) bond motifs is 1. The minimum absolute atomic E-state index is 0.0560. The van der Waals surface area contributed by atoms with E-state index in [4.69, 9.17) is 9.47 Å². The van der Waals surface area contributed by atoms with E-state index in [1.807, 2.05) is 56.3 Å². The average molecular weight is 580 g/mol. The van der Waals surface area contributed by atoms with E-state index in [1.165, 1.54) is 16.6 Å². The zero-order valence-corrected chi connectivity index (χ0v) is 24.2. The number of ether oxygens (including phenoxy) is 2. The molecule has 3 aromatic carbocycles. The maximum Gasteiger partial charge on any atom is 0.307 e. The Labute approximate surface area is 240 Å². The van der Waals surface area contributed by atoms with Crippen LogP contribution in [0.3, 0.4) is 0 Å². The van der Waals surface area contributed by atoms with Gasteiger partial charge < -0.3 is 14.6 Å². The summed E-state index contributed by atoms with van der Waals surface area (Å²) in [5.74, 6) is 0.279. The van der Waals surface area contributed by atoms with Crippen LogP contribution >= 0.6 is 0 Å². The van der Waals surface area contributed by atoms with Gasteiger partial charge in [0.1, 0.15) is 23.4 Å². The standard InChI is InChI=1S/C32H34FNO6S/c1-18-12-23(39-17-20-15-34(16-20)41(3,37)38)13-19(2)30(18)24-8-10-28(33)31-25(24)9-11-29(31)40-22-6-4-21(5-7-22)26-14-27(26)32(35)36/h4-8,10,12-13,20,26-27,29H,9,11,14-17H2,1-3H3,(H,35,36)/t26-,27+,29-/m1/s1. The fourth-order valence-corrected chi connectivity index (χ4v) is 7.33. The molecule has 1 saturated carbocycles. The molecule has 216 valence electrons. The summed E-state index contributed by atoms with van der Waals surface area (Å²) in [5.41, 5.74) is 6.67. The molecule has 0 unspecified atom stereocenters. The number of halogens is 1. The summed E-state index contributed by atoms with van der Waals surface area (Å²) in [5, 5.41) is 9.20. The second kappa shape index (κ2) is 10.4. The van der Waals surface area contributed by atoms with Crippen LogP contribution in [0.1, 0.15) is 52.7 Å². The molecule has 0 bridgehead atoms. The summed E-state index contributed by atoms with van der Waals surface area (Å²) in [4.78, 5) is 11.2. The van der Waals surface area contributed by atoms with Crippen molar-refractivity contribution in [2.45, 2.75) is 45.1 Å². The number of aliphatic carboxylic acids is 1. The highest BCUT2D eigenvalue weighted by atomic mass is 32.2. The van der Waals surface area contributed by atoms with Crippen molar-refractivity contribution in [1.82, 2.24) is 4.31 Å². The molecule has 1 heterocycles. The van der Waals surface area contributed by atoms with Crippen molar-refractivity contribution in [2.24, 2.45) is 11.8 Å². The Bertz CT molecular complexity index is 1590. The van der Waals surface area contributed by atoms with E-state index < -0.39 is 22.1 Å². The summed E-state index contributed by atoms with van der Waals surface area (Å²) in [6.45, 7) is 5.47. The van der Waals surface area contributed by atoms with Gasteiger partial charge in [0, 0.05) is 24.6 Å². The van der Waals surface area contributed by atoms with Crippen LogP contribution in [0.5, 0.6) is 11.5 Å². The van der Waals surface area contributed by atoms with E-state index in [9.17, 15) is 18.3 Å². The van der Waals surface area contributed by atoms with Crippen molar-refractivity contribution in [3.05, 3.63) is 82.2 Å². The molecular weight excluding hydrogens is 545 g/mol. The molecule has 1 saturated heterocycles. The number of aryl methyl sites for hydroxylation is 2. The molecule has 0 amide bonds. The Hall–Kier alpha value is -3.43. The summed E-state index contributed by atoms with van der Waals surface area (Å²) in [6.07, 6.45) is 2.85. The first-order valence-corrected chi connectivity index (χ1v) is 15.8. The molecule has 3 aromatic rings. The molecule has 6 rings (SSSR count). The normalized spacial score (nSPS) is 22.2. The van der Waals surface area contributed by atoms with Crippen molar-refractivity contribution in [3.63, 3.8) is 0 Å². The molecule has 3 aliphatic rings. The molecule has 7 nitrogen and oxygen atoms in total. The summed E-state index contributed by atoms with van der Waals surface area (Å²) in [6, 6.07) is 14.9. The number of carboxylic acid groups (broad SMARTS) is 1. The topological polar surface area (TPSA) is 93.1 Å². The number of nitrogens with zero attached hydrogens (tertiary/aromatic N) is 1. The molecular formula is C32H34FNO6S. The zero-order chi connectivity index (χ0) is 29.1. The van der Waals surface area contributed by atoms with Crippen LogP contribution in [-0.4, -0.2) is 49.8 Å². The van der Waals surface area contributed by atoms with Crippen molar-refractivity contribution in [2.75, 3.05) is 26.0 Å². The van der Waals surface area contributed by atoms with Crippen LogP contribution in [0.4, 0.5) is 4.39 Å². The Morgan fingerprint density at radius 2 is 1.73 bits per heavy atom. The molecule has 2 fully saturated rings. The molecule has 1 N–H and O–H groups in total. The molecule has 0 spiro atoms. The van der Waals surface area contributed by atoms with Crippen LogP contribution in [0.25, 0.3) is 11.1 Å². The third kappa shape index (κ3) is 5.45. The lowest BCUT2D eigenvalue weighted by atomic mass is 9.90. The van der Waals surface area contributed by atoms with Gasteiger partial charge in [0.2, 0.25) is 10.0 Å². The number of sulfonamides is 1. The molecule has 9 heteroatoms. The summed E-state index contributed by atoms with van der Waals surface area (Å²) >= 11 is 0. The Kier molecular flexibility index (Phi) is 7.06. The highest BCUT2D eigenvalue weighted by Gasteiger charge is 2.44. The van der Waals surface area contributed by atoms with Crippen LogP contribution in [-0.2, 0) is 21.2 Å². The number of carbonyl (C=O) groups is 1. The predicted octanol–water partition coefficient (Wildman–Crippen LogP) is 5.63. The molecule has 3 atom stereocenters. The van der Waals surface area contributed by atoms with E-state index in [2.05, 4.69) is 0 Å². The van der Waals surface area contributed by atoms with E-state index in [0.29, 0.717) is 50.3 Å². The summed E-state index contributed by atoms with van der Waals surface area (Å²) in [7, 11) is -3.14. The number of hydrogen-bond donors (Lipinski definition) is 1. The average Bonchev–Trinajstić information content (AvgIpc) is 3.57. The van der Waals surface area contributed by atoms with Gasteiger partial charge in [-0.1, -0.05) is 18.2 Å². The van der Waals surface area contributed by atoms with Gasteiger partial charge in [0.25, 0.3) is 0 Å². The van der Waals surface area contributed by atoms with Crippen LogP contribution in [0.15, 0.2) is 48.5 Å². The van der Waals surface area contributed by atoms with E-state index in [0.717, 1.165) is 39.1 Å². The molecule has 0 aromatic heterocycles. The van der Waals surface area contributed by atoms with Crippen molar-refractivity contribution in [3.8, 4) is 22.6 Å². The summed E-state index contributed by atoms with van der Waals surface area (Å²) < 4.78 is 52.2. The van der Waals surface area contributed by atoms with Gasteiger partial charge in [-0.2, -0.15) is 0 Å². The van der Waals surface area contributed by atoms with Gasteiger partial charge >= 0.3 is 5.97 Å². The van der Waals surface area contributed by atoms with Crippen molar-refractivity contribution in [1.29, 1.82) is 0 Å². The highest BCUT2D eigenvalue weighted by Crippen LogP contribution is 2.48. The largest absolute Gasteiger partial charge is 0.493 e. The second-order valence-corrected chi connectivity index (χ2v) is 13.7. The first-order valence-electron chi connectivity index (χ1n) is 14.0. The van der Waals surface area contributed by atoms with Crippen LogP contribution < -0.4 is 9.47 Å². The van der Waals surface area contributed by atoms with Gasteiger partial charge in [-0.25, -0.2) is 17.1 Å². The quantitative estimate of drug-likeness (QED) is 0.353. The van der Waals surface area contributed by atoms with Gasteiger partial charge in [0.15, 0.2) is 0 Å². The maximum atomic E-state index is 15.2. The Morgan fingerprint density at radius 1 is 1.05 bits per heavy atom. The minimum Gasteiger partial charge on any atom is -0.493 e. The SMILES string of the molecule is Cc1cc(OCC2CN(S(C)(=O)=O)C2)cc(C)c1-c1ccc(F)c2c1CC[C@H]2Oc1ccc([C@H]2C[C@@H]2C(=O)O)cc1. The number of rotatable bonds is 9. The number of carboxylic acids is 1. The number of hydrogen-bond acceptors (Lipinski definition) is 5. The fourth-order valence-electron chi connectivity index (χ4n) is 6.36. The second-order valence-electron chi connectivity index (χ2n) is 11.7. The van der Waals surface area contributed by atoms with Gasteiger partial charge in [-0.3, -0.25) is 4.79 Å². The van der Waals surface area contributed by atoms with Gasteiger partial charge in [-0.05, 0) is 103 Å². The van der Waals surface area contributed by atoms with Crippen LogP contribution in [0, 0.1) is 31.5 Å². The molecule has 0 radical (unpaired) electrons. The fraction of sp³-hybridized carbons (Fsp3) is 0.406. The molecule has 41 heavy (non-hydrogen) atoms. The number of benzene rings is 3. The monoisotopic (exact) mass is 579 g/mol. The first-order chi connectivity index (χ1) is 19.5.